The number of carboxylic acid groups (broad SMARTS) is 1. The average Bonchev–Trinajstić information content (AvgIpc) is 3.30. The summed E-state index contributed by atoms with van der Waals surface area (Å²) in [7, 11) is -3.76. The Hall–Kier alpha value is -1.77. The molecule has 2 bridgehead atoms. The number of carbonyl (C=O) groups is 1. The van der Waals surface area contributed by atoms with E-state index in [4.69, 9.17) is 0 Å². The monoisotopic (exact) mass is 364 g/mol. The van der Waals surface area contributed by atoms with Crippen LogP contribution in [0.1, 0.15) is 19.3 Å². The molecule has 0 spiro atoms. The number of nitrogens with zero attached hydrogens (tertiary/aromatic N) is 2. The van der Waals surface area contributed by atoms with E-state index >= 15 is 0 Å². The highest BCUT2D eigenvalue weighted by atomic mass is 32.2. The van der Waals surface area contributed by atoms with Crippen LogP contribution in [-0.2, 0) is 14.8 Å². The number of benzene rings is 1. The maximum atomic E-state index is 13.0. The molecule has 1 aromatic heterocycles. The zero-order valence-corrected chi connectivity index (χ0v) is 14.3. The van der Waals surface area contributed by atoms with Crippen LogP contribution in [-0.4, -0.2) is 40.9 Å². The van der Waals surface area contributed by atoms with E-state index in [0.717, 1.165) is 12.0 Å². The molecule has 126 valence electrons. The Morgan fingerprint density at radius 2 is 2.00 bits per heavy atom. The van der Waals surface area contributed by atoms with E-state index in [1.54, 1.807) is 5.38 Å². The van der Waals surface area contributed by atoms with Gasteiger partial charge in [-0.25, -0.2) is 13.4 Å². The van der Waals surface area contributed by atoms with Crippen LogP contribution in [0.4, 0.5) is 0 Å². The highest BCUT2D eigenvalue weighted by Gasteiger charge is 2.54. The third-order valence-corrected chi connectivity index (χ3v) is 7.74. The van der Waals surface area contributed by atoms with Crippen molar-refractivity contribution in [1.29, 1.82) is 0 Å². The number of fused-ring (bicyclic) bond motifs is 2. The Labute approximate surface area is 143 Å². The normalized spacial score (nSPS) is 26.8. The first kappa shape index (κ1) is 15.7. The van der Waals surface area contributed by atoms with Crippen LogP contribution in [0, 0.1) is 5.92 Å². The molecule has 2 aliphatic rings. The Morgan fingerprint density at radius 3 is 2.67 bits per heavy atom. The van der Waals surface area contributed by atoms with Crippen molar-refractivity contribution in [2.45, 2.75) is 36.4 Å². The number of thiazole rings is 1. The molecule has 0 amide bonds. The molecule has 0 saturated carbocycles. The highest BCUT2D eigenvalue weighted by Crippen LogP contribution is 2.45. The van der Waals surface area contributed by atoms with Crippen molar-refractivity contribution in [1.82, 2.24) is 9.29 Å². The summed E-state index contributed by atoms with van der Waals surface area (Å²) in [4.78, 5) is 15.7. The zero-order valence-electron chi connectivity index (χ0n) is 12.7. The number of sulfonamides is 1. The van der Waals surface area contributed by atoms with Gasteiger partial charge in [-0.3, -0.25) is 4.79 Å². The molecule has 1 N–H and O–H groups in total. The standard InChI is InChI=1S/C16H16N2O4S2/c19-16(20)12-8-11-6-7-13(12)18(11)24(21,22)14-9-23-15(17-14)10-4-2-1-3-5-10/h1-5,9,11-13H,6-8H2,(H,19,20). The van der Waals surface area contributed by atoms with Crippen molar-refractivity contribution in [3.05, 3.63) is 35.7 Å². The van der Waals surface area contributed by atoms with E-state index in [2.05, 4.69) is 4.98 Å². The smallest absolute Gasteiger partial charge is 0.308 e. The molecule has 24 heavy (non-hydrogen) atoms. The fourth-order valence-corrected chi connectivity index (χ4v) is 6.77. The van der Waals surface area contributed by atoms with E-state index in [9.17, 15) is 18.3 Å². The van der Waals surface area contributed by atoms with Gasteiger partial charge in [0.15, 0.2) is 5.03 Å². The Morgan fingerprint density at radius 1 is 1.25 bits per heavy atom. The molecule has 8 heteroatoms. The number of rotatable bonds is 4. The van der Waals surface area contributed by atoms with Gasteiger partial charge in [-0.2, -0.15) is 4.31 Å². The van der Waals surface area contributed by atoms with Crippen LogP contribution in [0.3, 0.4) is 0 Å². The molecule has 4 rings (SSSR count). The van der Waals surface area contributed by atoms with Gasteiger partial charge in [-0.15, -0.1) is 11.3 Å². The summed E-state index contributed by atoms with van der Waals surface area (Å²) in [5.74, 6) is -1.52. The molecule has 0 aliphatic carbocycles. The van der Waals surface area contributed by atoms with Crippen molar-refractivity contribution in [2.75, 3.05) is 0 Å². The van der Waals surface area contributed by atoms with Gasteiger partial charge in [0, 0.05) is 23.0 Å². The fraction of sp³-hybridized carbons (Fsp3) is 0.375. The number of aromatic nitrogens is 1. The lowest BCUT2D eigenvalue weighted by atomic mass is 9.89. The Kier molecular flexibility index (Phi) is 3.70. The van der Waals surface area contributed by atoms with Gasteiger partial charge in [0.05, 0.1) is 5.92 Å². The molecule has 0 radical (unpaired) electrons. The van der Waals surface area contributed by atoms with Crippen LogP contribution in [0.25, 0.3) is 10.6 Å². The van der Waals surface area contributed by atoms with Crippen LogP contribution < -0.4 is 0 Å². The summed E-state index contributed by atoms with van der Waals surface area (Å²) in [5.41, 5.74) is 0.872. The lowest BCUT2D eigenvalue weighted by Gasteiger charge is -2.21. The van der Waals surface area contributed by atoms with Crippen molar-refractivity contribution < 1.29 is 18.3 Å². The van der Waals surface area contributed by atoms with Crippen LogP contribution >= 0.6 is 11.3 Å². The van der Waals surface area contributed by atoms with Gasteiger partial charge in [-0.05, 0) is 19.3 Å². The summed E-state index contributed by atoms with van der Waals surface area (Å²) in [6, 6.07) is 8.75. The third-order valence-electron chi connectivity index (χ3n) is 4.84. The Balaban J connectivity index is 1.67. The van der Waals surface area contributed by atoms with Crippen LogP contribution in [0.5, 0.6) is 0 Å². The van der Waals surface area contributed by atoms with E-state index in [-0.39, 0.29) is 11.1 Å². The topological polar surface area (TPSA) is 87.6 Å². The van der Waals surface area contributed by atoms with E-state index in [1.165, 1.54) is 15.6 Å². The molecular weight excluding hydrogens is 348 g/mol. The van der Waals surface area contributed by atoms with Gasteiger partial charge in [0.25, 0.3) is 10.0 Å². The van der Waals surface area contributed by atoms with Gasteiger partial charge in [0.1, 0.15) is 5.01 Å². The molecule has 2 aromatic rings. The first-order valence-corrected chi connectivity index (χ1v) is 10.1. The summed E-state index contributed by atoms with van der Waals surface area (Å²) < 4.78 is 27.4. The molecule has 3 heterocycles. The van der Waals surface area contributed by atoms with Gasteiger partial charge in [-0.1, -0.05) is 30.3 Å². The lowest BCUT2D eigenvalue weighted by Crippen LogP contribution is -2.38. The predicted octanol–water partition coefficient (Wildman–Crippen LogP) is 2.44. The number of hydrogen-bond acceptors (Lipinski definition) is 5. The molecule has 2 saturated heterocycles. The van der Waals surface area contributed by atoms with Crippen LogP contribution in [0.2, 0.25) is 0 Å². The molecule has 1 aromatic carbocycles. The van der Waals surface area contributed by atoms with Gasteiger partial charge >= 0.3 is 5.97 Å². The summed E-state index contributed by atoms with van der Waals surface area (Å²) >= 11 is 1.29. The minimum atomic E-state index is -3.76. The average molecular weight is 364 g/mol. The van der Waals surface area contributed by atoms with Gasteiger partial charge < -0.3 is 5.11 Å². The maximum Gasteiger partial charge on any atom is 0.308 e. The first-order chi connectivity index (χ1) is 11.5. The molecule has 3 atom stereocenters. The minimum Gasteiger partial charge on any atom is -0.481 e. The first-order valence-electron chi connectivity index (χ1n) is 7.76. The third kappa shape index (κ3) is 2.37. The quantitative estimate of drug-likeness (QED) is 0.900. The van der Waals surface area contributed by atoms with E-state index in [1.807, 2.05) is 30.3 Å². The van der Waals surface area contributed by atoms with Crippen molar-refractivity contribution in [3.8, 4) is 10.6 Å². The minimum absolute atomic E-state index is 0.0225. The van der Waals surface area contributed by atoms with Gasteiger partial charge in [0.2, 0.25) is 0 Å². The Bertz CT molecular complexity index is 878. The predicted molar refractivity (Wildman–Crippen MR) is 89.1 cm³/mol. The summed E-state index contributed by atoms with van der Waals surface area (Å²) in [6.45, 7) is 0. The van der Waals surface area contributed by atoms with Crippen molar-refractivity contribution in [3.63, 3.8) is 0 Å². The second kappa shape index (κ2) is 5.65. The number of carboxylic acids is 1. The maximum absolute atomic E-state index is 13.0. The molecule has 2 aliphatic heterocycles. The second-order valence-corrected chi connectivity index (χ2v) is 8.82. The summed E-state index contributed by atoms with van der Waals surface area (Å²) in [6.07, 6.45) is 1.73. The fourth-order valence-electron chi connectivity index (χ4n) is 3.78. The summed E-state index contributed by atoms with van der Waals surface area (Å²) in [5, 5.41) is 11.5. The molecule has 6 nitrogen and oxygen atoms in total. The van der Waals surface area contributed by atoms with Crippen molar-refractivity contribution >= 4 is 27.3 Å². The molecule has 2 fully saturated rings. The number of hydrogen-bond donors (Lipinski definition) is 1. The zero-order chi connectivity index (χ0) is 16.9. The SMILES string of the molecule is O=C(O)C1CC2CCC1N2S(=O)(=O)c1csc(-c2ccccc2)n1. The molecule has 3 unspecified atom stereocenters. The van der Waals surface area contributed by atoms with E-state index < -0.39 is 28.0 Å². The van der Waals surface area contributed by atoms with Crippen LogP contribution in [0.15, 0.2) is 40.7 Å². The lowest BCUT2D eigenvalue weighted by molar-refractivity contribution is -0.142. The highest BCUT2D eigenvalue weighted by molar-refractivity contribution is 7.89. The number of aliphatic carboxylic acids is 1. The van der Waals surface area contributed by atoms with E-state index in [0.29, 0.717) is 17.8 Å². The molecular formula is C16H16N2O4S2. The second-order valence-electron chi connectivity index (χ2n) is 6.17. The largest absolute Gasteiger partial charge is 0.481 e. The van der Waals surface area contributed by atoms with Crippen molar-refractivity contribution in [2.24, 2.45) is 5.92 Å².